The van der Waals surface area contributed by atoms with Crippen LogP contribution < -0.4 is 5.32 Å². The number of H-pyrrole nitrogens is 1. The summed E-state index contributed by atoms with van der Waals surface area (Å²) in [5.41, 5.74) is 4.71. The second kappa shape index (κ2) is 7.35. The third-order valence-corrected chi connectivity index (χ3v) is 5.07. The quantitative estimate of drug-likeness (QED) is 0.480. The highest BCUT2D eigenvalue weighted by Crippen LogP contribution is 2.28. The average molecular weight is 373 g/mol. The van der Waals surface area contributed by atoms with Gasteiger partial charge in [-0.25, -0.2) is 4.98 Å². The van der Waals surface area contributed by atoms with Crippen molar-refractivity contribution >= 4 is 22.5 Å². The highest BCUT2D eigenvalue weighted by molar-refractivity contribution is 5.92. The van der Waals surface area contributed by atoms with Crippen molar-refractivity contribution in [1.29, 1.82) is 0 Å². The van der Waals surface area contributed by atoms with Crippen LogP contribution >= 0.6 is 0 Å². The van der Waals surface area contributed by atoms with E-state index in [2.05, 4.69) is 28.3 Å². The molecule has 0 saturated carbocycles. The highest BCUT2D eigenvalue weighted by Gasteiger charge is 2.16. The van der Waals surface area contributed by atoms with Gasteiger partial charge in [-0.3, -0.25) is 4.79 Å². The van der Waals surface area contributed by atoms with Gasteiger partial charge < -0.3 is 14.7 Å². The molecule has 2 aromatic carbocycles. The van der Waals surface area contributed by atoms with Gasteiger partial charge in [-0.05, 0) is 49.6 Å². The minimum absolute atomic E-state index is 0.0188. The second-order valence-corrected chi connectivity index (χ2v) is 7.18. The van der Waals surface area contributed by atoms with Crippen LogP contribution in [0.15, 0.2) is 59.1 Å². The molecule has 28 heavy (non-hydrogen) atoms. The smallest absolute Gasteiger partial charge is 0.226 e. The number of nitrogens with one attached hydrogen (secondary N) is 2. The van der Waals surface area contributed by atoms with Crippen molar-refractivity contribution in [3.8, 4) is 11.5 Å². The molecule has 4 aromatic rings. The van der Waals surface area contributed by atoms with Gasteiger partial charge in [0.25, 0.3) is 0 Å². The van der Waals surface area contributed by atoms with E-state index >= 15 is 0 Å². The van der Waals surface area contributed by atoms with Gasteiger partial charge in [0.05, 0.1) is 5.69 Å². The van der Waals surface area contributed by atoms with Crippen molar-refractivity contribution in [3.05, 3.63) is 71.7 Å². The Bertz CT molecular complexity index is 1120. The van der Waals surface area contributed by atoms with Crippen molar-refractivity contribution in [2.45, 2.75) is 33.1 Å². The Morgan fingerprint density at radius 3 is 2.79 bits per heavy atom. The average Bonchev–Trinajstić information content (AvgIpc) is 3.25. The zero-order valence-corrected chi connectivity index (χ0v) is 16.2. The van der Waals surface area contributed by atoms with Gasteiger partial charge in [-0.15, -0.1) is 0 Å². The van der Waals surface area contributed by atoms with E-state index in [1.54, 1.807) is 0 Å². The maximum Gasteiger partial charge on any atom is 0.226 e. The molecule has 5 nitrogen and oxygen atoms in total. The van der Waals surface area contributed by atoms with Crippen molar-refractivity contribution in [2.24, 2.45) is 0 Å². The number of amides is 1. The molecular weight excluding hydrogens is 350 g/mol. The van der Waals surface area contributed by atoms with Crippen molar-refractivity contribution in [3.63, 3.8) is 0 Å². The molecule has 1 atom stereocenters. The molecule has 0 fully saturated rings. The summed E-state index contributed by atoms with van der Waals surface area (Å²) >= 11 is 0. The fourth-order valence-electron chi connectivity index (χ4n) is 3.43. The molecular formula is C23H23N3O2. The number of nitrogens with zero attached hydrogens (tertiary/aromatic N) is 1. The van der Waals surface area contributed by atoms with E-state index in [1.807, 2.05) is 62.5 Å². The second-order valence-electron chi connectivity index (χ2n) is 7.18. The summed E-state index contributed by atoms with van der Waals surface area (Å²) in [6.45, 7) is 5.88. The van der Waals surface area contributed by atoms with Crippen LogP contribution in [0.25, 0.3) is 22.4 Å². The first-order valence-corrected chi connectivity index (χ1v) is 9.41. The lowest BCUT2D eigenvalue weighted by Gasteiger charge is -2.11. The first kappa shape index (κ1) is 18.0. The van der Waals surface area contributed by atoms with Crippen LogP contribution in [0.1, 0.15) is 36.3 Å². The fraction of sp³-hybridized carbons (Fsp3) is 0.217. The summed E-state index contributed by atoms with van der Waals surface area (Å²) in [5.74, 6) is 1.46. The van der Waals surface area contributed by atoms with E-state index in [4.69, 9.17) is 4.42 Å². The van der Waals surface area contributed by atoms with Crippen molar-refractivity contribution in [2.75, 3.05) is 5.32 Å². The largest absolute Gasteiger partial charge is 0.441 e. The van der Waals surface area contributed by atoms with Crippen LogP contribution in [-0.2, 0) is 4.79 Å². The number of benzene rings is 2. The summed E-state index contributed by atoms with van der Waals surface area (Å²) in [4.78, 5) is 20.3. The molecule has 0 aliphatic heterocycles. The molecule has 0 bridgehead atoms. The summed E-state index contributed by atoms with van der Waals surface area (Å²) in [7, 11) is 0. The molecule has 4 rings (SSSR count). The number of rotatable bonds is 5. The minimum Gasteiger partial charge on any atom is -0.441 e. The van der Waals surface area contributed by atoms with Crippen LogP contribution in [-0.4, -0.2) is 15.9 Å². The number of fused-ring (bicyclic) bond motifs is 1. The maximum atomic E-state index is 12.6. The van der Waals surface area contributed by atoms with E-state index in [0.29, 0.717) is 12.3 Å². The number of aromatic nitrogens is 2. The van der Waals surface area contributed by atoms with Gasteiger partial charge in [0, 0.05) is 34.8 Å². The third kappa shape index (κ3) is 3.56. The Kier molecular flexibility index (Phi) is 4.74. The van der Waals surface area contributed by atoms with Crippen LogP contribution in [0.2, 0.25) is 0 Å². The third-order valence-electron chi connectivity index (χ3n) is 5.07. The van der Waals surface area contributed by atoms with Gasteiger partial charge >= 0.3 is 0 Å². The van der Waals surface area contributed by atoms with Crippen molar-refractivity contribution < 1.29 is 9.21 Å². The normalized spacial score (nSPS) is 12.2. The van der Waals surface area contributed by atoms with E-state index in [0.717, 1.165) is 33.8 Å². The maximum absolute atomic E-state index is 12.6. The van der Waals surface area contributed by atoms with Gasteiger partial charge in [0.15, 0.2) is 0 Å². The van der Waals surface area contributed by atoms with Crippen molar-refractivity contribution in [1.82, 2.24) is 9.97 Å². The van der Waals surface area contributed by atoms with Gasteiger partial charge in [0.2, 0.25) is 11.8 Å². The Balaban J connectivity index is 1.47. The van der Waals surface area contributed by atoms with Crippen LogP contribution in [0.3, 0.4) is 0 Å². The SMILES string of the molecule is Cc1nc(-c2cccc(NC(=O)C[C@@H](C)c3c[nH]c4ccccc34)c2)oc1C. The zero-order chi connectivity index (χ0) is 19.7. The Morgan fingerprint density at radius 2 is 2.00 bits per heavy atom. The topological polar surface area (TPSA) is 70.9 Å². The summed E-state index contributed by atoms with van der Waals surface area (Å²) in [6, 6.07) is 15.7. The standard InChI is InChI=1S/C23H23N3O2/c1-14(20-13-24-21-10-5-4-9-19(20)21)11-22(27)26-18-8-6-7-17(12-18)23-25-15(2)16(3)28-23/h4-10,12-14,24H,11H2,1-3H3,(H,26,27)/t14-/m1/s1. The number of carbonyl (C=O) groups is 1. The Labute approximate surface area is 163 Å². The minimum atomic E-state index is -0.0188. The monoisotopic (exact) mass is 373 g/mol. The van der Waals surface area contributed by atoms with E-state index in [1.165, 1.54) is 5.39 Å². The lowest BCUT2D eigenvalue weighted by Crippen LogP contribution is -2.14. The fourth-order valence-corrected chi connectivity index (χ4v) is 3.43. The van der Waals surface area contributed by atoms with Crippen LogP contribution in [0, 0.1) is 13.8 Å². The van der Waals surface area contributed by atoms with Gasteiger partial charge in [-0.1, -0.05) is 31.2 Å². The molecule has 1 amide bonds. The number of hydrogen-bond donors (Lipinski definition) is 2. The van der Waals surface area contributed by atoms with Gasteiger partial charge in [0.1, 0.15) is 5.76 Å². The summed E-state index contributed by atoms with van der Waals surface area (Å²) < 4.78 is 5.69. The lowest BCUT2D eigenvalue weighted by molar-refractivity contribution is -0.116. The number of aromatic amines is 1. The van der Waals surface area contributed by atoms with Crippen LogP contribution in [0.5, 0.6) is 0 Å². The predicted octanol–water partition coefficient (Wildman–Crippen LogP) is 5.57. The van der Waals surface area contributed by atoms with Crippen LogP contribution in [0.4, 0.5) is 5.69 Å². The summed E-state index contributed by atoms with van der Waals surface area (Å²) in [5, 5.41) is 4.16. The highest BCUT2D eigenvalue weighted by atomic mass is 16.4. The molecule has 0 saturated heterocycles. The first-order valence-electron chi connectivity index (χ1n) is 9.41. The predicted molar refractivity (Wildman–Crippen MR) is 111 cm³/mol. The lowest BCUT2D eigenvalue weighted by atomic mass is 9.97. The Morgan fingerprint density at radius 1 is 1.18 bits per heavy atom. The number of oxazole rings is 1. The molecule has 2 aromatic heterocycles. The Hall–Kier alpha value is -3.34. The number of aryl methyl sites for hydroxylation is 2. The molecule has 2 N–H and O–H groups in total. The molecule has 2 heterocycles. The van der Waals surface area contributed by atoms with Gasteiger partial charge in [-0.2, -0.15) is 0 Å². The number of hydrogen-bond acceptors (Lipinski definition) is 3. The zero-order valence-electron chi connectivity index (χ0n) is 16.2. The van der Waals surface area contributed by atoms with E-state index in [-0.39, 0.29) is 11.8 Å². The molecule has 142 valence electrons. The first-order chi connectivity index (χ1) is 13.5. The molecule has 0 radical (unpaired) electrons. The molecule has 0 aliphatic rings. The van der Waals surface area contributed by atoms with E-state index < -0.39 is 0 Å². The van der Waals surface area contributed by atoms with E-state index in [9.17, 15) is 4.79 Å². The molecule has 0 spiro atoms. The molecule has 0 unspecified atom stereocenters. The molecule has 0 aliphatic carbocycles. The number of para-hydroxylation sites is 1. The molecule has 5 heteroatoms. The number of carbonyl (C=O) groups excluding carboxylic acids is 1. The number of anilines is 1. The summed E-state index contributed by atoms with van der Waals surface area (Å²) in [6.07, 6.45) is 2.40.